The Balaban J connectivity index is 0.00000196. The normalized spacial score (nSPS) is 22.9. The molecule has 1 saturated heterocycles. The summed E-state index contributed by atoms with van der Waals surface area (Å²) in [6, 6.07) is -0.222. The maximum atomic E-state index is 11.7. The molecule has 1 N–H and O–H groups in total. The van der Waals surface area contributed by atoms with Crippen molar-refractivity contribution in [3.63, 3.8) is 0 Å². The average molecular weight is 458 g/mol. The van der Waals surface area contributed by atoms with Gasteiger partial charge in [-0.15, -0.1) is 0 Å². The Hall–Kier alpha value is -1.90. The molecule has 1 rings (SSSR count). The van der Waals surface area contributed by atoms with E-state index in [1.54, 1.807) is 0 Å². The molecule has 0 spiro atoms. The van der Waals surface area contributed by atoms with Gasteiger partial charge in [0.1, 0.15) is 0 Å². The summed E-state index contributed by atoms with van der Waals surface area (Å²) in [5.74, 6) is 0.0298. The minimum absolute atomic E-state index is 0. The molecule has 1 amide bonds. The van der Waals surface area contributed by atoms with Crippen LogP contribution < -0.4 is 5.32 Å². The Morgan fingerprint density at radius 2 is 2.40 bits per heavy atom. The van der Waals surface area contributed by atoms with E-state index in [2.05, 4.69) is 10.2 Å². The van der Waals surface area contributed by atoms with Crippen LogP contribution in [-0.2, 0) is 4.79 Å². The summed E-state index contributed by atoms with van der Waals surface area (Å²) in [5.41, 5.74) is 0. The minimum atomic E-state index is -0.212. The van der Waals surface area contributed by atoms with Crippen LogP contribution in [0.2, 0.25) is 0 Å². The van der Waals surface area contributed by atoms with E-state index in [9.17, 15) is 4.79 Å². The number of nitrogens with one attached hydrogen (secondary N) is 1. The number of rotatable bonds is 4. The molecule has 95 valence electrons. The van der Waals surface area contributed by atoms with Crippen LogP contribution in [0.1, 0.15) is 26.2 Å². The Bertz CT molecular complexity index is 223. The number of carbonyl (C=O) groups excluding carboxylic acids is 1. The van der Waals surface area contributed by atoms with E-state index in [-0.39, 0.29) is 18.0 Å². The topological polar surface area (TPSA) is 54.6 Å². The molecular formula is C10H18LrN3O-. The van der Waals surface area contributed by atoms with Crippen molar-refractivity contribution in [2.45, 2.75) is 38.3 Å². The summed E-state index contributed by atoms with van der Waals surface area (Å²) >= 11 is 0. The number of likely N-dealkylation sites (N-methyl/N-ethyl adjacent to an activating group) is 1. The van der Waals surface area contributed by atoms with Crippen molar-refractivity contribution in [1.29, 1.82) is 0 Å². The molecule has 1 aliphatic rings. The van der Waals surface area contributed by atoms with Crippen LogP contribution in [0.25, 0.3) is 5.41 Å². The summed E-state index contributed by atoms with van der Waals surface area (Å²) in [6.07, 6.45) is 3.77. The molecule has 1 heterocycles. The van der Waals surface area contributed by atoms with Crippen molar-refractivity contribution in [1.82, 2.24) is 10.2 Å². The van der Waals surface area contributed by atoms with E-state index in [1.165, 1.54) is 0 Å². The number of hydrogen-bond donors (Lipinski definition) is 1. The van der Waals surface area contributed by atoms with Gasteiger partial charge in [-0.3, -0.25) is 9.69 Å². The zero-order valence-electron chi connectivity index (χ0n) is 9.12. The van der Waals surface area contributed by atoms with Gasteiger partial charge < -0.3 is 10.7 Å². The van der Waals surface area contributed by atoms with Gasteiger partial charge in [0, 0.05) is 6.04 Å². The summed E-state index contributed by atoms with van der Waals surface area (Å²) < 4.78 is 0. The second-order valence-corrected chi connectivity index (χ2v) is 3.81. The van der Waals surface area contributed by atoms with Crippen LogP contribution in [0.15, 0.2) is 0 Å². The smallest absolute Gasteiger partial charge is 0.237 e. The minimum Gasteiger partial charge on any atom is -0.813 e. The molecule has 4 nitrogen and oxygen atoms in total. The molecule has 1 radical (unpaired) electrons. The number of likely N-dealkylation sites (tertiary alicyclic amines) is 1. The van der Waals surface area contributed by atoms with Gasteiger partial charge in [0.05, 0.1) is 6.04 Å². The Morgan fingerprint density at radius 3 is 2.80 bits per heavy atom. The largest absolute Gasteiger partial charge is 0.813 e. The summed E-state index contributed by atoms with van der Waals surface area (Å²) in [6.45, 7) is 2.91. The molecular weight excluding hydrogens is 440 g/mol. The molecule has 0 aromatic heterocycles. The van der Waals surface area contributed by atoms with Crippen LogP contribution in [0.3, 0.4) is 0 Å². The third kappa shape index (κ3) is 3.06. The molecule has 0 saturated carbocycles. The van der Waals surface area contributed by atoms with Crippen LogP contribution in [0, 0.1) is 0 Å². The van der Waals surface area contributed by atoms with E-state index in [1.807, 2.05) is 14.0 Å². The molecule has 0 unspecified atom stereocenters. The van der Waals surface area contributed by atoms with Crippen LogP contribution in [0.5, 0.6) is 0 Å². The van der Waals surface area contributed by atoms with Crippen molar-refractivity contribution in [2.75, 3.05) is 13.6 Å². The fraction of sp³-hybridized carbons (Fsp3) is 0.800. The molecule has 15 heavy (non-hydrogen) atoms. The Kier molecular flexibility index (Phi) is 5.02. The number of nitrogens with zero attached hydrogens (tertiary/aromatic N) is 2. The van der Waals surface area contributed by atoms with E-state index in [0.717, 1.165) is 32.0 Å². The summed E-state index contributed by atoms with van der Waals surface area (Å²) in [4.78, 5) is 13.8. The SMILES string of the molecule is CC[C@@H](C=[N-])NC(=O)[C@@H]1CCCN1C.[Lr]. The zero-order chi connectivity index (χ0) is 10.6. The van der Waals surface area contributed by atoms with Gasteiger partial charge in [0.15, 0.2) is 0 Å². The molecule has 0 aromatic carbocycles. The van der Waals surface area contributed by atoms with Crippen molar-refractivity contribution in [3.8, 4) is 0 Å². The van der Waals surface area contributed by atoms with Gasteiger partial charge >= 0.3 is 0 Å². The molecule has 1 aliphatic heterocycles. The van der Waals surface area contributed by atoms with E-state index < -0.39 is 0 Å². The second-order valence-electron chi connectivity index (χ2n) is 3.81. The van der Waals surface area contributed by atoms with Crippen molar-refractivity contribution >= 4 is 12.1 Å². The Morgan fingerprint density at radius 1 is 1.73 bits per heavy atom. The summed E-state index contributed by atoms with van der Waals surface area (Å²) in [5, 5.41) is 11.6. The maximum Gasteiger partial charge on any atom is 0.237 e. The summed E-state index contributed by atoms with van der Waals surface area (Å²) in [7, 11) is 1.96. The molecule has 1 fully saturated rings. The average Bonchev–Trinajstić information content (AvgIpc) is 2.60. The van der Waals surface area contributed by atoms with Crippen molar-refractivity contribution in [3.05, 3.63) is 5.41 Å². The van der Waals surface area contributed by atoms with E-state index >= 15 is 0 Å². The molecule has 0 aromatic rings. The van der Waals surface area contributed by atoms with Crippen LogP contribution in [-0.4, -0.2) is 42.7 Å². The fourth-order valence-electron chi connectivity index (χ4n) is 1.77. The zero-order valence-corrected chi connectivity index (χ0v) is 11.3. The molecule has 0 aliphatic carbocycles. The first kappa shape index (κ1) is 13.1. The van der Waals surface area contributed by atoms with Gasteiger partial charge in [-0.1, -0.05) is 6.92 Å². The van der Waals surface area contributed by atoms with Crippen molar-refractivity contribution < 1.29 is 4.79 Å². The van der Waals surface area contributed by atoms with Gasteiger partial charge in [-0.25, -0.2) is 0 Å². The molecule has 5 heteroatoms. The Labute approximate surface area is 85.2 Å². The third-order valence-electron chi connectivity index (χ3n) is 2.77. The van der Waals surface area contributed by atoms with Gasteiger partial charge in [0.2, 0.25) is 5.91 Å². The maximum absolute atomic E-state index is 11.7. The fourth-order valence-corrected chi connectivity index (χ4v) is 1.77. The third-order valence-corrected chi connectivity index (χ3v) is 2.77. The van der Waals surface area contributed by atoms with Gasteiger partial charge in [-0.2, -0.15) is 6.21 Å². The first-order chi connectivity index (χ1) is 6.69. The van der Waals surface area contributed by atoms with Gasteiger partial charge in [-0.05, 0) is 32.9 Å². The van der Waals surface area contributed by atoms with Crippen LogP contribution >= 0.6 is 0 Å². The first-order valence-electron chi connectivity index (χ1n) is 5.17. The van der Waals surface area contributed by atoms with Crippen molar-refractivity contribution in [2.24, 2.45) is 0 Å². The predicted molar refractivity (Wildman–Crippen MR) is 57.3 cm³/mol. The molecule has 2 atom stereocenters. The first-order valence-corrected chi connectivity index (χ1v) is 5.17. The number of carbonyl (C=O) groups is 1. The van der Waals surface area contributed by atoms with Crippen LogP contribution in [0.4, 0.5) is 0 Å². The predicted octanol–water partition coefficient (Wildman–Crippen LogP) is 0.616. The quantitative estimate of drug-likeness (QED) is 0.629. The molecule has 0 bridgehead atoms. The second kappa shape index (κ2) is 5.75. The van der Waals surface area contributed by atoms with E-state index in [4.69, 9.17) is 5.41 Å². The van der Waals surface area contributed by atoms with E-state index in [0.29, 0.717) is 0 Å². The monoisotopic (exact) mass is 458 g/mol. The number of hydrogen-bond acceptors (Lipinski definition) is 2. The number of amides is 1. The standard InChI is InChI=1S/C10H18N3O.Lr/c1-3-8(7-11)12-10(14)9-5-4-6-13(9)2;/h7-9H,3-6H2,1-2H3,(H,12,14);/q-1;/t8-,9-;/m0./s1. The van der Waals surface area contributed by atoms with Gasteiger partial charge in [0.25, 0.3) is 0 Å².